The van der Waals surface area contributed by atoms with Crippen molar-refractivity contribution in [2.45, 2.75) is 12.5 Å². The molecule has 86 valence electrons. The number of carbonyl (C=O) groups excluding carboxylic acids is 1. The molecule has 1 N–H and O–H groups in total. The van der Waals surface area contributed by atoms with Crippen LogP contribution in [-0.2, 0) is 4.79 Å². The Bertz CT molecular complexity index is 535. The van der Waals surface area contributed by atoms with E-state index in [-0.39, 0.29) is 11.8 Å². The molecule has 0 saturated carbocycles. The van der Waals surface area contributed by atoms with Gasteiger partial charge in [0, 0.05) is 19.2 Å². The van der Waals surface area contributed by atoms with Gasteiger partial charge in [0.1, 0.15) is 11.0 Å². The van der Waals surface area contributed by atoms with Crippen molar-refractivity contribution < 1.29 is 4.79 Å². The number of aromatic nitrogens is 1. The molecular weight excluding hydrogens is 232 g/mol. The highest BCUT2D eigenvalue weighted by Gasteiger charge is 2.27. The first-order valence-corrected chi connectivity index (χ1v) is 6.43. The number of Topliss-reactive ketones (excluding diaryl/α,β-unsaturated/α-hetero) is 1. The molecule has 1 aliphatic rings. The number of carbonyl (C=O) groups is 1. The summed E-state index contributed by atoms with van der Waals surface area (Å²) in [6.07, 6.45) is 2.47. The number of nitrogens with one attached hydrogen (secondary N) is 1. The highest BCUT2D eigenvalue weighted by molar-refractivity contribution is 7.15. The monoisotopic (exact) mass is 244 g/mol. The van der Waals surface area contributed by atoms with Gasteiger partial charge >= 0.3 is 0 Å². The maximum absolute atomic E-state index is 11.6. The lowest BCUT2D eigenvalue weighted by atomic mass is 10.2. The molecular formula is C13H12N2OS. The minimum atomic E-state index is -0.183. The van der Waals surface area contributed by atoms with Crippen LogP contribution in [0.5, 0.6) is 0 Å². The molecule has 2 heterocycles. The van der Waals surface area contributed by atoms with Gasteiger partial charge in [-0.25, -0.2) is 4.98 Å². The SMILES string of the molecule is O=C1CCN[C@@H]1c1ncc(-c2ccccc2)s1. The van der Waals surface area contributed by atoms with E-state index in [4.69, 9.17) is 0 Å². The van der Waals surface area contributed by atoms with Gasteiger partial charge in [-0.15, -0.1) is 11.3 Å². The summed E-state index contributed by atoms with van der Waals surface area (Å²) in [5.41, 5.74) is 1.15. The molecule has 17 heavy (non-hydrogen) atoms. The van der Waals surface area contributed by atoms with E-state index in [2.05, 4.69) is 22.4 Å². The van der Waals surface area contributed by atoms with Gasteiger partial charge in [-0.1, -0.05) is 30.3 Å². The van der Waals surface area contributed by atoms with E-state index in [1.54, 1.807) is 11.3 Å². The fourth-order valence-corrected chi connectivity index (χ4v) is 3.00. The van der Waals surface area contributed by atoms with E-state index >= 15 is 0 Å². The molecule has 1 aromatic heterocycles. The van der Waals surface area contributed by atoms with Crippen LogP contribution in [0.15, 0.2) is 36.5 Å². The number of ketones is 1. The standard InChI is InChI=1S/C13H12N2OS/c16-10-6-7-14-12(10)13-15-8-11(17-13)9-4-2-1-3-5-9/h1-5,8,12,14H,6-7H2/t12-/m0/s1. The summed E-state index contributed by atoms with van der Waals surface area (Å²) in [5.74, 6) is 0.249. The van der Waals surface area contributed by atoms with Gasteiger partial charge in [-0.05, 0) is 5.56 Å². The Morgan fingerprint density at radius 3 is 2.82 bits per heavy atom. The average Bonchev–Trinajstić information content (AvgIpc) is 2.98. The van der Waals surface area contributed by atoms with Gasteiger partial charge in [0.15, 0.2) is 5.78 Å². The largest absolute Gasteiger partial charge is 0.301 e. The molecule has 1 aliphatic heterocycles. The fraction of sp³-hybridized carbons (Fsp3) is 0.231. The van der Waals surface area contributed by atoms with Gasteiger partial charge in [0.05, 0.1) is 4.88 Å². The van der Waals surface area contributed by atoms with Crippen LogP contribution in [0.4, 0.5) is 0 Å². The van der Waals surface area contributed by atoms with Crippen molar-refractivity contribution in [1.29, 1.82) is 0 Å². The normalized spacial score (nSPS) is 19.8. The van der Waals surface area contributed by atoms with E-state index in [0.29, 0.717) is 6.42 Å². The molecule has 0 radical (unpaired) electrons. The van der Waals surface area contributed by atoms with Crippen molar-refractivity contribution in [3.05, 3.63) is 41.5 Å². The second kappa shape index (κ2) is 4.39. The molecule has 1 fully saturated rings. The molecule has 0 aliphatic carbocycles. The Morgan fingerprint density at radius 1 is 1.29 bits per heavy atom. The zero-order chi connectivity index (χ0) is 11.7. The first kappa shape index (κ1) is 10.6. The predicted octanol–water partition coefficient (Wildman–Crippen LogP) is 2.41. The third kappa shape index (κ3) is 2.01. The molecule has 1 atom stereocenters. The minimum absolute atomic E-state index is 0.183. The second-order valence-corrected chi connectivity index (χ2v) is 5.09. The summed E-state index contributed by atoms with van der Waals surface area (Å²) in [5, 5.41) is 4.07. The minimum Gasteiger partial charge on any atom is -0.301 e. The fourth-order valence-electron chi connectivity index (χ4n) is 1.98. The van der Waals surface area contributed by atoms with Crippen molar-refractivity contribution >= 4 is 17.1 Å². The van der Waals surface area contributed by atoms with Crippen LogP contribution in [0.2, 0.25) is 0 Å². The van der Waals surface area contributed by atoms with Crippen LogP contribution in [0, 0.1) is 0 Å². The molecule has 0 bridgehead atoms. The predicted molar refractivity (Wildman–Crippen MR) is 67.9 cm³/mol. The number of thiazole rings is 1. The molecule has 0 spiro atoms. The quantitative estimate of drug-likeness (QED) is 0.882. The van der Waals surface area contributed by atoms with Crippen LogP contribution in [0.25, 0.3) is 10.4 Å². The third-order valence-corrected chi connectivity index (χ3v) is 3.98. The highest BCUT2D eigenvalue weighted by Crippen LogP contribution is 2.30. The summed E-state index contributed by atoms with van der Waals surface area (Å²) < 4.78 is 0. The molecule has 3 nitrogen and oxygen atoms in total. The van der Waals surface area contributed by atoms with Crippen LogP contribution in [0.3, 0.4) is 0 Å². The number of hydrogen-bond donors (Lipinski definition) is 1. The summed E-state index contributed by atoms with van der Waals surface area (Å²) in [6.45, 7) is 0.768. The van der Waals surface area contributed by atoms with E-state index in [1.165, 1.54) is 0 Å². The lowest BCUT2D eigenvalue weighted by Gasteiger charge is -2.03. The van der Waals surface area contributed by atoms with E-state index in [9.17, 15) is 4.79 Å². The lowest BCUT2D eigenvalue weighted by Crippen LogP contribution is -2.17. The van der Waals surface area contributed by atoms with Crippen molar-refractivity contribution in [3.8, 4) is 10.4 Å². The Balaban J connectivity index is 1.91. The molecule has 1 saturated heterocycles. The lowest BCUT2D eigenvalue weighted by molar-refractivity contribution is -0.118. The smallest absolute Gasteiger partial charge is 0.158 e. The van der Waals surface area contributed by atoms with Gasteiger partial charge < -0.3 is 5.32 Å². The zero-order valence-corrected chi connectivity index (χ0v) is 10.0. The number of nitrogens with zero attached hydrogens (tertiary/aromatic N) is 1. The third-order valence-electron chi connectivity index (χ3n) is 2.87. The Labute approximate surface area is 104 Å². The Morgan fingerprint density at radius 2 is 2.12 bits per heavy atom. The zero-order valence-electron chi connectivity index (χ0n) is 9.22. The van der Waals surface area contributed by atoms with Gasteiger partial charge in [-0.3, -0.25) is 4.79 Å². The first-order valence-electron chi connectivity index (χ1n) is 5.62. The maximum atomic E-state index is 11.6. The average molecular weight is 244 g/mol. The van der Waals surface area contributed by atoms with Crippen LogP contribution in [0.1, 0.15) is 17.5 Å². The molecule has 4 heteroatoms. The first-order chi connectivity index (χ1) is 8.34. The van der Waals surface area contributed by atoms with Crippen LogP contribution in [-0.4, -0.2) is 17.3 Å². The van der Waals surface area contributed by atoms with Gasteiger partial charge in [0.25, 0.3) is 0 Å². The number of hydrogen-bond acceptors (Lipinski definition) is 4. The number of rotatable bonds is 2. The van der Waals surface area contributed by atoms with Crippen molar-refractivity contribution in [1.82, 2.24) is 10.3 Å². The topological polar surface area (TPSA) is 42.0 Å². The Kier molecular flexibility index (Phi) is 2.74. The van der Waals surface area contributed by atoms with Gasteiger partial charge in [0.2, 0.25) is 0 Å². The molecule has 2 aromatic rings. The summed E-state index contributed by atoms with van der Waals surface area (Å²) in [6, 6.07) is 9.94. The number of benzene rings is 1. The van der Waals surface area contributed by atoms with Gasteiger partial charge in [-0.2, -0.15) is 0 Å². The second-order valence-electron chi connectivity index (χ2n) is 4.03. The van der Waals surface area contributed by atoms with Crippen molar-refractivity contribution in [3.63, 3.8) is 0 Å². The molecule has 3 rings (SSSR count). The van der Waals surface area contributed by atoms with Crippen LogP contribution < -0.4 is 5.32 Å². The van der Waals surface area contributed by atoms with Crippen molar-refractivity contribution in [2.75, 3.05) is 6.54 Å². The molecule has 0 unspecified atom stereocenters. The Hall–Kier alpha value is -1.52. The highest BCUT2D eigenvalue weighted by atomic mass is 32.1. The summed E-state index contributed by atoms with van der Waals surface area (Å²) >= 11 is 1.59. The van der Waals surface area contributed by atoms with Crippen molar-refractivity contribution in [2.24, 2.45) is 0 Å². The molecule has 1 aromatic carbocycles. The van der Waals surface area contributed by atoms with Crippen LogP contribution >= 0.6 is 11.3 Å². The van der Waals surface area contributed by atoms with E-state index in [1.807, 2.05) is 24.4 Å². The van der Waals surface area contributed by atoms with E-state index < -0.39 is 0 Å². The van der Waals surface area contributed by atoms with E-state index in [0.717, 1.165) is 22.0 Å². The maximum Gasteiger partial charge on any atom is 0.158 e. The summed E-state index contributed by atoms with van der Waals surface area (Å²) in [4.78, 5) is 17.1. The summed E-state index contributed by atoms with van der Waals surface area (Å²) in [7, 11) is 0. The molecule has 0 amide bonds.